The van der Waals surface area contributed by atoms with Gasteiger partial charge in [-0.25, -0.2) is 9.37 Å². The summed E-state index contributed by atoms with van der Waals surface area (Å²) in [6.07, 6.45) is 9.41. The number of amides is 1. The van der Waals surface area contributed by atoms with Gasteiger partial charge in [-0.2, -0.15) is 10.5 Å². The minimum atomic E-state index is -0.527. The Morgan fingerprint density at radius 2 is 2.02 bits per heavy atom. The van der Waals surface area contributed by atoms with Gasteiger partial charge in [-0.15, -0.1) is 0 Å². The molecular weight excluding hydrogens is 581 g/mol. The van der Waals surface area contributed by atoms with Gasteiger partial charge < -0.3 is 14.5 Å². The van der Waals surface area contributed by atoms with E-state index in [2.05, 4.69) is 29.7 Å². The van der Waals surface area contributed by atoms with Gasteiger partial charge in [0.1, 0.15) is 29.5 Å². The second-order valence-corrected chi connectivity index (χ2v) is 13.5. The molecule has 234 valence electrons. The van der Waals surface area contributed by atoms with Gasteiger partial charge in [0.15, 0.2) is 5.82 Å². The Morgan fingerprint density at radius 1 is 1.20 bits per heavy atom. The Kier molecular flexibility index (Phi) is 6.95. The van der Waals surface area contributed by atoms with E-state index < -0.39 is 11.9 Å². The number of pyridine rings is 2. The number of hydrogen-bond acceptors (Lipinski definition) is 8. The van der Waals surface area contributed by atoms with Crippen LogP contribution in [0.15, 0.2) is 37.1 Å². The Morgan fingerprint density at radius 3 is 2.78 bits per heavy atom. The summed E-state index contributed by atoms with van der Waals surface area (Å²) in [6.45, 7) is 7.07. The average Bonchev–Trinajstić information content (AvgIpc) is 3.35. The summed E-state index contributed by atoms with van der Waals surface area (Å²) in [5, 5.41) is 20.6. The van der Waals surface area contributed by atoms with E-state index in [1.54, 1.807) is 11.1 Å². The van der Waals surface area contributed by atoms with Crippen LogP contribution in [0.5, 0.6) is 5.88 Å². The molecule has 3 saturated heterocycles. The van der Waals surface area contributed by atoms with Crippen LogP contribution >= 0.6 is 0 Å². The minimum Gasteiger partial charge on any atom is -0.475 e. The minimum absolute atomic E-state index is 0.0918. The monoisotopic (exact) mass is 617 g/mol. The van der Waals surface area contributed by atoms with E-state index in [1.807, 2.05) is 17.0 Å². The molecule has 0 spiro atoms. The van der Waals surface area contributed by atoms with Gasteiger partial charge >= 0.3 is 0 Å². The molecule has 8 rings (SSSR count). The highest BCUT2D eigenvalue weighted by molar-refractivity contribution is 5.98. The number of rotatable bonds is 7. The third-order valence-corrected chi connectivity index (χ3v) is 11.1. The van der Waals surface area contributed by atoms with E-state index in [0.29, 0.717) is 42.6 Å². The molecule has 3 aliphatic heterocycles. The maximum absolute atomic E-state index is 16.9. The quantitative estimate of drug-likeness (QED) is 0.338. The van der Waals surface area contributed by atoms with Crippen molar-refractivity contribution in [1.29, 1.82) is 10.5 Å². The van der Waals surface area contributed by atoms with Gasteiger partial charge in [0.2, 0.25) is 11.8 Å². The number of carbonyl (C=O) groups is 1. The highest BCUT2D eigenvalue weighted by Crippen LogP contribution is 2.58. The highest BCUT2D eigenvalue weighted by Gasteiger charge is 2.47. The molecule has 0 bridgehead atoms. The number of piperazine rings is 1. The van der Waals surface area contributed by atoms with Crippen LogP contribution in [0.25, 0.3) is 22.2 Å². The third kappa shape index (κ3) is 4.46. The fourth-order valence-electron chi connectivity index (χ4n) is 8.83. The lowest BCUT2D eigenvalue weighted by Gasteiger charge is -2.42. The first-order chi connectivity index (χ1) is 22.5. The van der Waals surface area contributed by atoms with Crippen molar-refractivity contribution in [2.75, 3.05) is 44.2 Å². The van der Waals surface area contributed by atoms with Gasteiger partial charge in [-0.05, 0) is 80.7 Å². The van der Waals surface area contributed by atoms with Gasteiger partial charge in [0, 0.05) is 36.8 Å². The summed E-state index contributed by atoms with van der Waals surface area (Å²) in [5.74, 6) is 0.447. The van der Waals surface area contributed by atoms with Crippen LogP contribution in [0, 0.1) is 34.4 Å². The van der Waals surface area contributed by atoms with Crippen molar-refractivity contribution in [1.82, 2.24) is 19.8 Å². The lowest BCUT2D eigenvalue weighted by Crippen LogP contribution is -2.55. The molecule has 1 aromatic carbocycles. The van der Waals surface area contributed by atoms with Gasteiger partial charge in [0.05, 0.1) is 29.8 Å². The molecule has 3 atom stereocenters. The topological polar surface area (TPSA) is 109 Å². The van der Waals surface area contributed by atoms with Crippen molar-refractivity contribution in [3.63, 3.8) is 0 Å². The van der Waals surface area contributed by atoms with E-state index >= 15 is 4.39 Å². The van der Waals surface area contributed by atoms with Crippen molar-refractivity contribution >= 4 is 22.5 Å². The number of hydrogen-bond donors (Lipinski definition) is 0. The largest absolute Gasteiger partial charge is 0.475 e. The molecule has 1 amide bonds. The molecule has 3 aromatic rings. The molecule has 4 fully saturated rings. The van der Waals surface area contributed by atoms with Crippen LogP contribution in [0.2, 0.25) is 0 Å². The first-order valence-corrected chi connectivity index (χ1v) is 16.4. The first kappa shape index (κ1) is 28.9. The number of carbonyl (C=O) groups excluding carboxylic acids is 1. The second-order valence-electron chi connectivity index (χ2n) is 13.5. The number of fused-ring (bicyclic) bond motifs is 5. The van der Waals surface area contributed by atoms with Crippen LogP contribution in [-0.4, -0.2) is 76.6 Å². The zero-order valence-electron chi connectivity index (χ0n) is 25.8. The van der Waals surface area contributed by atoms with E-state index in [-0.39, 0.29) is 47.1 Å². The normalized spacial score (nSPS) is 24.2. The number of anilines is 1. The fraction of sp³-hybridized carbons (Fsp3) is 0.472. The van der Waals surface area contributed by atoms with Crippen molar-refractivity contribution in [2.45, 2.75) is 62.4 Å². The molecule has 5 aliphatic rings. The Hall–Kier alpha value is -4.54. The molecule has 5 heterocycles. The van der Waals surface area contributed by atoms with Crippen LogP contribution in [0.3, 0.4) is 0 Å². The molecule has 10 heteroatoms. The summed E-state index contributed by atoms with van der Waals surface area (Å²) in [5.41, 5.74) is 4.29. The molecule has 0 radical (unpaired) electrons. The molecule has 1 saturated carbocycles. The number of aromatic nitrogens is 2. The predicted octanol–water partition coefficient (Wildman–Crippen LogP) is 5.09. The summed E-state index contributed by atoms with van der Waals surface area (Å²) < 4.78 is 23.4. The molecule has 0 N–H and O–H groups in total. The smallest absolute Gasteiger partial charge is 0.246 e. The maximum atomic E-state index is 16.9. The molecule has 9 nitrogen and oxygen atoms in total. The van der Waals surface area contributed by atoms with E-state index in [9.17, 15) is 15.3 Å². The number of halogens is 1. The van der Waals surface area contributed by atoms with E-state index in [1.165, 1.54) is 17.2 Å². The number of ether oxygens (including phenoxy) is 1. The summed E-state index contributed by atoms with van der Waals surface area (Å²) in [7, 11) is 0. The Balaban J connectivity index is 1.26. The van der Waals surface area contributed by atoms with Gasteiger partial charge in [-0.3, -0.25) is 14.7 Å². The van der Waals surface area contributed by atoms with Crippen LogP contribution in [0.1, 0.15) is 61.1 Å². The number of nitrogens with zero attached hydrogens (tertiary/aromatic N) is 7. The van der Waals surface area contributed by atoms with Crippen LogP contribution in [0.4, 0.5) is 10.1 Å². The summed E-state index contributed by atoms with van der Waals surface area (Å²) in [6, 6.07) is 10.2. The molecule has 2 unspecified atom stereocenters. The second kappa shape index (κ2) is 11.1. The SMILES string of the molecule is C=CC(=O)N1CCN(c2c(C#N)c(OCC34CCCN3CCC4)nc3c(F)c(-c4cccc5c4C4CC4C5)ncc23)C[C@@H]1CC#N. The molecule has 2 aliphatic carbocycles. The zero-order valence-corrected chi connectivity index (χ0v) is 25.8. The summed E-state index contributed by atoms with van der Waals surface area (Å²) >= 11 is 0. The lowest BCUT2D eigenvalue weighted by molar-refractivity contribution is -0.128. The number of nitriles is 2. The molecule has 2 aromatic heterocycles. The third-order valence-electron chi connectivity index (χ3n) is 11.1. The maximum Gasteiger partial charge on any atom is 0.246 e. The fourth-order valence-corrected chi connectivity index (χ4v) is 8.83. The van der Waals surface area contributed by atoms with E-state index in [4.69, 9.17) is 14.7 Å². The van der Waals surface area contributed by atoms with Gasteiger partial charge in [0.25, 0.3) is 0 Å². The van der Waals surface area contributed by atoms with Crippen molar-refractivity contribution < 1.29 is 13.9 Å². The predicted molar refractivity (Wildman–Crippen MR) is 171 cm³/mol. The van der Waals surface area contributed by atoms with Crippen molar-refractivity contribution in [3.8, 4) is 29.3 Å². The number of benzene rings is 1. The zero-order chi connectivity index (χ0) is 31.6. The van der Waals surface area contributed by atoms with Gasteiger partial charge in [-0.1, -0.05) is 24.8 Å². The van der Waals surface area contributed by atoms with Crippen molar-refractivity contribution in [3.05, 3.63) is 59.6 Å². The van der Waals surface area contributed by atoms with Crippen LogP contribution in [-0.2, 0) is 11.2 Å². The highest BCUT2D eigenvalue weighted by atomic mass is 19.1. The summed E-state index contributed by atoms with van der Waals surface area (Å²) in [4.78, 5) is 28.2. The standard InChI is InChI=1S/C36H36FN7O2/c1-2-29(45)44-15-14-42(20-24(44)8-11-38)34-27(18-39)35(46-21-36-9-4-12-43(36)13-5-10-36)41-33-28(34)19-40-32(31(33)37)25-7-3-6-22-16-23-17-26(23)30(22)25/h2-3,6-7,19,23-24,26H,1,4-5,8-10,12-17,20-21H2/t23?,24-,26?/m0/s1. The van der Waals surface area contributed by atoms with E-state index in [0.717, 1.165) is 57.2 Å². The molecule has 46 heavy (non-hydrogen) atoms. The van der Waals surface area contributed by atoms with Crippen molar-refractivity contribution in [2.24, 2.45) is 5.92 Å². The first-order valence-electron chi connectivity index (χ1n) is 16.4. The van der Waals surface area contributed by atoms with Crippen LogP contribution < -0.4 is 9.64 Å². The average molecular weight is 618 g/mol. The lowest BCUT2D eigenvalue weighted by atomic mass is 9.95. The Labute approximate surface area is 267 Å². The molecular formula is C36H36FN7O2. The Bertz CT molecular complexity index is 1850.